The van der Waals surface area contributed by atoms with E-state index in [0.29, 0.717) is 38.4 Å². The van der Waals surface area contributed by atoms with E-state index in [-0.39, 0.29) is 10.8 Å². The number of hydrogen-bond donors (Lipinski definition) is 1. The van der Waals surface area contributed by atoms with Crippen LogP contribution in [0.3, 0.4) is 0 Å². The molecule has 0 unspecified atom stereocenters. The van der Waals surface area contributed by atoms with E-state index in [9.17, 15) is 13.2 Å². The minimum absolute atomic E-state index is 0.123. The number of carbonyl (C=O) groups excluding carboxylic acids is 1. The van der Waals surface area contributed by atoms with Crippen LogP contribution in [0.5, 0.6) is 0 Å². The average Bonchev–Trinajstić information content (AvgIpc) is 2.79. The quantitative estimate of drug-likeness (QED) is 0.685. The van der Waals surface area contributed by atoms with Gasteiger partial charge in [-0.25, -0.2) is 13.4 Å². The van der Waals surface area contributed by atoms with Crippen LogP contribution in [0.15, 0.2) is 47.5 Å². The normalized spacial score (nSPS) is 14.7. The van der Waals surface area contributed by atoms with Gasteiger partial charge in [0.05, 0.1) is 18.1 Å². The van der Waals surface area contributed by atoms with Gasteiger partial charge in [0.25, 0.3) is 5.91 Å². The molecule has 1 N–H and O–H groups in total. The number of carbonyl (C=O) groups is 1. The van der Waals surface area contributed by atoms with E-state index in [1.165, 1.54) is 16.4 Å². The number of morpholine rings is 1. The van der Waals surface area contributed by atoms with Crippen LogP contribution in [0, 0.1) is 0 Å². The number of benzene rings is 1. The summed E-state index contributed by atoms with van der Waals surface area (Å²) in [5.74, 6) is 0.536. The molecule has 1 saturated heterocycles. The first-order valence-corrected chi connectivity index (χ1v) is 11.6. The zero-order valence-electron chi connectivity index (χ0n) is 17.4. The maximum absolute atomic E-state index is 12.7. The van der Waals surface area contributed by atoms with Crippen molar-refractivity contribution >= 4 is 21.7 Å². The number of amides is 1. The van der Waals surface area contributed by atoms with Crippen LogP contribution >= 0.6 is 0 Å². The minimum atomic E-state index is -3.61. The van der Waals surface area contributed by atoms with E-state index in [2.05, 4.69) is 15.2 Å². The largest absolute Gasteiger partial charge is 0.378 e. The zero-order valence-corrected chi connectivity index (χ0v) is 18.2. The Labute approximate surface area is 177 Å². The number of anilines is 1. The lowest BCUT2D eigenvalue weighted by Crippen LogP contribution is -2.36. The number of hydrogen-bond acceptors (Lipinski definition) is 6. The van der Waals surface area contributed by atoms with Crippen molar-refractivity contribution in [3.05, 3.63) is 53.7 Å². The van der Waals surface area contributed by atoms with Crippen molar-refractivity contribution in [3.63, 3.8) is 0 Å². The molecule has 1 amide bonds. The van der Waals surface area contributed by atoms with Crippen molar-refractivity contribution in [2.75, 3.05) is 44.3 Å². The number of pyridine rings is 1. The van der Waals surface area contributed by atoms with Crippen LogP contribution in [-0.2, 0) is 21.3 Å². The molecule has 2 aromatic rings. The third-order valence-electron chi connectivity index (χ3n) is 5.04. The Hall–Kier alpha value is -2.49. The van der Waals surface area contributed by atoms with Gasteiger partial charge in [-0.15, -0.1) is 0 Å². The van der Waals surface area contributed by atoms with Gasteiger partial charge in [-0.2, -0.15) is 4.31 Å². The van der Waals surface area contributed by atoms with Gasteiger partial charge >= 0.3 is 0 Å². The summed E-state index contributed by atoms with van der Waals surface area (Å²) in [6.45, 7) is 7.59. The van der Waals surface area contributed by atoms with Crippen molar-refractivity contribution in [2.45, 2.75) is 25.3 Å². The van der Waals surface area contributed by atoms with Gasteiger partial charge in [-0.05, 0) is 35.9 Å². The lowest BCUT2D eigenvalue weighted by Gasteiger charge is -2.28. The topological polar surface area (TPSA) is 91.8 Å². The Morgan fingerprint density at radius 3 is 2.60 bits per heavy atom. The molecule has 3 rings (SSSR count). The Bertz CT molecular complexity index is 970. The monoisotopic (exact) mass is 432 g/mol. The number of rotatable bonds is 8. The summed E-state index contributed by atoms with van der Waals surface area (Å²) >= 11 is 0. The minimum Gasteiger partial charge on any atom is -0.378 e. The van der Waals surface area contributed by atoms with Crippen LogP contribution in [-0.4, -0.2) is 63.0 Å². The molecule has 0 radical (unpaired) electrons. The van der Waals surface area contributed by atoms with Crippen molar-refractivity contribution in [1.82, 2.24) is 14.6 Å². The maximum atomic E-state index is 12.7. The molecular weight excluding hydrogens is 404 g/mol. The highest BCUT2D eigenvalue weighted by atomic mass is 32.2. The third kappa shape index (κ3) is 5.16. The van der Waals surface area contributed by atoms with E-state index < -0.39 is 10.0 Å². The Kier molecular flexibility index (Phi) is 7.41. The molecule has 1 aliphatic heterocycles. The first-order valence-electron chi connectivity index (χ1n) is 10.1. The lowest BCUT2D eigenvalue weighted by atomic mass is 10.2. The molecule has 1 aromatic carbocycles. The fraction of sp³-hybridized carbons (Fsp3) is 0.429. The highest BCUT2D eigenvalue weighted by Gasteiger charge is 2.22. The highest BCUT2D eigenvalue weighted by Crippen LogP contribution is 2.18. The standard InChI is InChI=1S/C21H28N4O4S/c1-3-25(4-2)30(27,28)19-7-5-6-18(15-19)21(26)23-16-17-8-9-22-20(14-17)24-10-12-29-13-11-24/h5-9,14-15H,3-4,10-13,16H2,1-2H3,(H,23,26). The van der Waals surface area contributed by atoms with Crippen LogP contribution in [0.25, 0.3) is 0 Å². The van der Waals surface area contributed by atoms with E-state index in [1.807, 2.05) is 12.1 Å². The smallest absolute Gasteiger partial charge is 0.251 e. The highest BCUT2D eigenvalue weighted by molar-refractivity contribution is 7.89. The molecule has 1 aliphatic rings. The second-order valence-corrected chi connectivity index (χ2v) is 8.86. The molecule has 0 aliphatic carbocycles. The van der Waals surface area contributed by atoms with E-state index in [0.717, 1.165) is 24.5 Å². The molecule has 0 spiro atoms. The van der Waals surface area contributed by atoms with Crippen molar-refractivity contribution in [1.29, 1.82) is 0 Å². The van der Waals surface area contributed by atoms with E-state index >= 15 is 0 Å². The number of aromatic nitrogens is 1. The van der Waals surface area contributed by atoms with E-state index in [4.69, 9.17) is 4.74 Å². The molecule has 162 valence electrons. The van der Waals surface area contributed by atoms with Gasteiger partial charge in [0.15, 0.2) is 0 Å². The zero-order chi connectivity index (χ0) is 21.6. The predicted molar refractivity (Wildman–Crippen MR) is 115 cm³/mol. The Morgan fingerprint density at radius 2 is 1.90 bits per heavy atom. The summed E-state index contributed by atoms with van der Waals surface area (Å²) < 4.78 is 32.2. The molecule has 30 heavy (non-hydrogen) atoms. The number of sulfonamides is 1. The summed E-state index contributed by atoms with van der Waals surface area (Å²) in [5.41, 5.74) is 1.23. The number of nitrogens with one attached hydrogen (secondary N) is 1. The molecule has 2 heterocycles. The second kappa shape index (κ2) is 10.0. The molecule has 9 heteroatoms. The van der Waals surface area contributed by atoms with Gasteiger partial charge in [0.1, 0.15) is 5.82 Å². The third-order valence-corrected chi connectivity index (χ3v) is 7.08. The predicted octanol–water partition coefficient (Wildman–Crippen LogP) is 1.88. The lowest BCUT2D eigenvalue weighted by molar-refractivity contribution is 0.0950. The average molecular weight is 433 g/mol. The van der Waals surface area contributed by atoms with Gasteiger partial charge in [0.2, 0.25) is 10.0 Å². The molecular formula is C21H28N4O4S. The Balaban J connectivity index is 1.68. The summed E-state index contributed by atoms with van der Waals surface area (Å²) in [4.78, 5) is 19.3. The summed E-state index contributed by atoms with van der Waals surface area (Å²) in [6.07, 6.45) is 1.73. The van der Waals surface area contributed by atoms with Crippen LogP contribution < -0.4 is 10.2 Å². The molecule has 1 aromatic heterocycles. The van der Waals surface area contributed by atoms with Crippen LogP contribution in [0.2, 0.25) is 0 Å². The number of ether oxygens (including phenoxy) is 1. The van der Waals surface area contributed by atoms with Crippen molar-refractivity contribution in [2.24, 2.45) is 0 Å². The molecule has 0 saturated carbocycles. The van der Waals surface area contributed by atoms with Crippen molar-refractivity contribution < 1.29 is 17.9 Å². The van der Waals surface area contributed by atoms with Crippen LogP contribution in [0.1, 0.15) is 29.8 Å². The molecule has 0 bridgehead atoms. The summed E-state index contributed by atoms with van der Waals surface area (Å²) in [6, 6.07) is 9.95. The van der Waals surface area contributed by atoms with Gasteiger partial charge in [-0.1, -0.05) is 19.9 Å². The first kappa shape index (κ1) is 22.2. The fourth-order valence-corrected chi connectivity index (χ4v) is 4.84. The number of nitrogens with zero attached hydrogens (tertiary/aromatic N) is 3. The van der Waals surface area contributed by atoms with Gasteiger partial charge < -0.3 is 15.0 Å². The second-order valence-electron chi connectivity index (χ2n) is 6.92. The fourth-order valence-electron chi connectivity index (χ4n) is 3.33. The SMILES string of the molecule is CCN(CC)S(=O)(=O)c1cccc(C(=O)NCc2ccnc(N3CCOCC3)c2)c1. The maximum Gasteiger partial charge on any atom is 0.251 e. The summed E-state index contributed by atoms with van der Waals surface area (Å²) in [7, 11) is -3.61. The van der Waals surface area contributed by atoms with Gasteiger partial charge in [-0.3, -0.25) is 4.79 Å². The molecule has 0 atom stereocenters. The Morgan fingerprint density at radius 1 is 1.17 bits per heavy atom. The summed E-state index contributed by atoms with van der Waals surface area (Å²) in [5, 5.41) is 2.86. The molecule has 1 fully saturated rings. The van der Waals surface area contributed by atoms with E-state index in [1.54, 1.807) is 32.2 Å². The van der Waals surface area contributed by atoms with Crippen molar-refractivity contribution in [3.8, 4) is 0 Å². The first-order chi connectivity index (χ1) is 14.5. The van der Waals surface area contributed by atoms with Gasteiger partial charge in [0, 0.05) is 44.5 Å². The molecule has 8 nitrogen and oxygen atoms in total. The van der Waals surface area contributed by atoms with Crippen LogP contribution in [0.4, 0.5) is 5.82 Å².